The highest BCUT2D eigenvalue weighted by atomic mass is 32.1. The molecule has 1 spiro atoms. The molecule has 20 heteroatoms. The molecule has 2 aromatic carbocycles. The maximum atomic E-state index is 15.9. The van der Waals surface area contributed by atoms with E-state index in [1.165, 1.54) is 18.5 Å². The number of anilines is 3. The number of nitrogens with one attached hydrogen (secondary N) is 5. The van der Waals surface area contributed by atoms with Crippen LogP contribution in [-0.2, 0) is 30.5 Å². The highest BCUT2D eigenvalue weighted by Crippen LogP contribution is 2.36. The second-order valence-electron chi connectivity index (χ2n) is 24.1. The predicted molar refractivity (Wildman–Crippen MR) is 310 cm³/mol. The Hall–Kier alpha value is -6.28. The highest BCUT2D eigenvalue weighted by molar-refractivity contribution is 7.13. The van der Waals surface area contributed by atoms with Crippen molar-refractivity contribution in [3.63, 3.8) is 0 Å². The van der Waals surface area contributed by atoms with Gasteiger partial charge in [0.05, 0.1) is 39.9 Å². The molecule has 4 aromatic rings. The SMILES string of the molecule is CNc1cc(N2CCC3(CC2)CN(c2cc(F)c(CN4CCC(C)(C(=O)NCCCCCCCCCC(=O)NC(C(=O)N5CCCC5C(=O)N[C@@H](C)c5ccc(-c6scnc6C)cc5)C(C)(C)C)CC4)cc2F)CC(=O)N3)ncn1. The van der Waals surface area contributed by atoms with Gasteiger partial charge in [-0.15, -0.1) is 11.3 Å². The van der Waals surface area contributed by atoms with Gasteiger partial charge in [-0.25, -0.2) is 23.7 Å². The molecule has 0 saturated carbocycles. The molecule has 0 aliphatic carbocycles. The maximum absolute atomic E-state index is 15.9. The van der Waals surface area contributed by atoms with E-state index in [0.29, 0.717) is 103 Å². The van der Waals surface area contributed by atoms with Crippen molar-refractivity contribution in [3.8, 4) is 10.4 Å². The first kappa shape index (κ1) is 59.8. The largest absolute Gasteiger partial charge is 0.373 e. The van der Waals surface area contributed by atoms with Crippen LogP contribution in [0.2, 0.25) is 0 Å². The molecule has 4 saturated heterocycles. The van der Waals surface area contributed by atoms with E-state index in [1.54, 1.807) is 28.2 Å². The number of benzene rings is 2. The van der Waals surface area contributed by atoms with Crippen LogP contribution in [0.3, 0.4) is 0 Å². The fraction of sp³-hybridized carbons (Fsp3) is 0.600. The van der Waals surface area contributed by atoms with Crippen LogP contribution in [0.15, 0.2) is 54.3 Å². The maximum Gasteiger partial charge on any atom is 0.246 e. The topological polar surface area (TPSA) is 197 Å². The van der Waals surface area contributed by atoms with Crippen LogP contribution in [0.5, 0.6) is 0 Å². The van der Waals surface area contributed by atoms with Crippen molar-refractivity contribution in [2.75, 3.05) is 74.5 Å². The van der Waals surface area contributed by atoms with Crippen LogP contribution < -0.4 is 36.4 Å². The molecule has 0 radical (unpaired) electrons. The smallest absolute Gasteiger partial charge is 0.246 e. The van der Waals surface area contributed by atoms with Gasteiger partial charge in [-0.1, -0.05) is 84.1 Å². The summed E-state index contributed by atoms with van der Waals surface area (Å²) in [6, 6.07) is 10.9. The van der Waals surface area contributed by atoms with Gasteiger partial charge in [-0.2, -0.15) is 0 Å². The third-order valence-corrected chi connectivity index (χ3v) is 17.9. The van der Waals surface area contributed by atoms with E-state index in [0.717, 1.165) is 66.0 Å². The lowest BCUT2D eigenvalue weighted by Gasteiger charge is -2.48. The van der Waals surface area contributed by atoms with Crippen molar-refractivity contribution in [2.24, 2.45) is 10.8 Å². The Labute approximate surface area is 475 Å². The molecule has 4 aliphatic heterocycles. The molecule has 2 unspecified atom stereocenters. The standard InChI is InChI=1S/C60H84F2N12O5S/c1-40(42-18-20-43(21-19-42)53-41(2)67-39-80-53)68-55(77)47-16-15-27-74(47)56(78)54(58(3,4)5)69-51(75)17-13-11-9-8-10-12-14-26-64-57(79)59(6)22-28-71(29-23-59)35-44-32-46(62)48(33-45(44)61)73-36-52(76)70-60(37-73)24-30-72(31-25-60)50-34-49(63-7)65-38-66-50/h18-21,32-34,38-40,47,54H,8-17,22-31,35-37H2,1-7H3,(H,64,79)(H,68,77)(H,69,75)(H,70,76)(H,63,65,66)/t40-,47?,54?/m0/s1. The fourth-order valence-electron chi connectivity index (χ4n) is 11.8. The summed E-state index contributed by atoms with van der Waals surface area (Å²) >= 11 is 1.60. The normalized spacial score (nSPS) is 19.1. The number of hydrogen-bond acceptors (Lipinski definition) is 13. The van der Waals surface area contributed by atoms with Crippen molar-refractivity contribution < 1.29 is 32.8 Å². The zero-order valence-corrected chi connectivity index (χ0v) is 48.8. The molecular formula is C60H84F2N12O5S. The molecule has 4 fully saturated rings. The average Bonchev–Trinajstić information content (AvgIpc) is 4.11. The van der Waals surface area contributed by atoms with E-state index in [-0.39, 0.29) is 59.9 Å². The van der Waals surface area contributed by atoms with Gasteiger partial charge in [-0.05, 0) is 101 Å². The minimum Gasteiger partial charge on any atom is -0.373 e. The number of piperidine rings is 2. The number of carbonyl (C=O) groups excluding carboxylic acids is 5. The van der Waals surface area contributed by atoms with Gasteiger partial charge in [-0.3, -0.25) is 28.9 Å². The quantitative estimate of drug-likeness (QED) is 0.0472. The van der Waals surface area contributed by atoms with E-state index < -0.39 is 40.1 Å². The van der Waals surface area contributed by atoms with Crippen molar-refractivity contribution in [2.45, 2.75) is 162 Å². The summed E-state index contributed by atoms with van der Waals surface area (Å²) in [6.07, 6.45) is 12.1. The molecule has 6 heterocycles. The first-order valence-electron chi connectivity index (χ1n) is 28.9. The molecule has 5 amide bonds. The number of aromatic nitrogens is 3. The highest BCUT2D eigenvalue weighted by Gasteiger charge is 2.44. The lowest BCUT2D eigenvalue weighted by molar-refractivity contribution is -0.144. The number of hydrogen-bond donors (Lipinski definition) is 5. The third kappa shape index (κ3) is 15.0. The summed E-state index contributed by atoms with van der Waals surface area (Å²) in [5.74, 6) is -0.335. The van der Waals surface area contributed by atoms with Crippen LogP contribution >= 0.6 is 11.3 Å². The molecule has 5 N–H and O–H groups in total. The number of amides is 5. The number of rotatable bonds is 22. The van der Waals surface area contributed by atoms with Gasteiger partial charge >= 0.3 is 0 Å². The van der Waals surface area contributed by atoms with Crippen LogP contribution in [0.25, 0.3) is 10.4 Å². The minimum atomic E-state index is -0.763. The van der Waals surface area contributed by atoms with Gasteiger partial charge in [0.1, 0.15) is 41.7 Å². The Bertz CT molecular complexity index is 2790. The van der Waals surface area contributed by atoms with E-state index in [2.05, 4.69) is 51.3 Å². The van der Waals surface area contributed by atoms with Crippen molar-refractivity contribution in [3.05, 3.63) is 82.8 Å². The van der Waals surface area contributed by atoms with Gasteiger partial charge < -0.3 is 41.3 Å². The number of piperazine rings is 1. The summed E-state index contributed by atoms with van der Waals surface area (Å²) in [7, 11) is 1.80. The molecule has 434 valence electrons. The average molecular weight is 1120 g/mol. The van der Waals surface area contributed by atoms with Crippen LogP contribution in [0.4, 0.5) is 26.1 Å². The first-order chi connectivity index (χ1) is 38.2. The van der Waals surface area contributed by atoms with Crippen LogP contribution in [0, 0.1) is 29.4 Å². The van der Waals surface area contributed by atoms with Gasteiger partial charge in [0.15, 0.2) is 0 Å². The van der Waals surface area contributed by atoms with Gasteiger partial charge in [0, 0.05) is 75.8 Å². The Balaban J connectivity index is 0.688. The predicted octanol–water partition coefficient (Wildman–Crippen LogP) is 8.44. The van der Waals surface area contributed by atoms with Crippen molar-refractivity contribution in [1.82, 2.24) is 46.0 Å². The first-order valence-corrected chi connectivity index (χ1v) is 29.8. The van der Waals surface area contributed by atoms with E-state index in [9.17, 15) is 24.0 Å². The van der Waals surface area contributed by atoms with Crippen molar-refractivity contribution >= 4 is 58.2 Å². The Kier molecular flexibility index (Phi) is 19.8. The van der Waals surface area contributed by atoms with Gasteiger partial charge in [0.2, 0.25) is 29.5 Å². The number of aryl methyl sites for hydroxylation is 1. The van der Waals surface area contributed by atoms with Crippen LogP contribution in [0.1, 0.15) is 147 Å². The van der Waals surface area contributed by atoms with Gasteiger partial charge in [0.25, 0.3) is 0 Å². The molecule has 8 rings (SSSR count). The number of thiazole rings is 1. The summed E-state index contributed by atoms with van der Waals surface area (Å²) in [4.78, 5) is 89.1. The summed E-state index contributed by atoms with van der Waals surface area (Å²) < 4.78 is 31.7. The molecule has 0 bridgehead atoms. The zero-order chi connectivity index (χ0) is 57.2. The third-order valence-electron chi connectivity index (χ3n) is 16.9. The lowest BCUT2D eigenvalue weighted by atomic mass is 9.79. The summed E-state index contributed by atoms with van der Waals surface area (Å²) in [5, 5.41) is 15.5. The number of nitrogens with zero attached hydrogens (tertiary/aromatic N) is 7. The zero-order valence-electron chi connectivity index (χ0n) is 48.0. The fourth-order valence-corrected chi connectivity index (χ4v) is 12.6. The minimum absolute atomic E-state index is 0.0231. The Morgan fingerprint density at radius 1 is 0.850 bits per heavy atom. The Morgan fingerprint density at radius 2 is 1.55 bits per heavy atom. The molecule has 17 nitrogen and oxygen atoms in total. The number of likely N-dealkylation sites (tertiary alicyclic amines) is 2. The molecule has 80 heavy (non-hydrogen) atoms. The van der Waals surface area contributed by atoms with E-state index in [4.69, 9.17) is 0 Å². The summed E-state index contributed by atoms with van der Waals surface area (Å²) in [5.41, 5.74) is 3.54. The van der Waals surface area contributed by atoms with E-state index in [1.807, 2.05) is 77.4 Å². The number of halogens is 2. The Morgan fingerprint density at radius 3 is 2.23 bits per heavy atom. The monoisotopic (exact) mass is 1120 g/mol. The molecule has 2 aromatic heterocycles. The molecular weight excluding hydrogens is 1040 g/mol. The number of unbranched alkanes of at least 4 members (excludes halogenated alkanes) is 6. The summed E-state index contributed by atoms with van der Waals surface area (Å²) in [6.45, 7) is 15.8. The second kappa shape index (κ2) is 26.5. The lowest BCUT2D eigenvalue weighted by Crippen LogP contribution is -2.66. The number of carbonyl (C=O) groups is 5. The molecule has 3 atom stereocenters. The molecule has 4 aliphatic rings. The van der Waals surface area contributed by atoms with Crippen LogP contribution in [-0.4, -0.2) is 131 Å². The van der Waals surface area contributed by atoms with Crippen molar-refractivity contribution in [1.29, 1.82) is 0 Å². The van der Waals surface area contributed by atoms with E-state index >= 15 is 8.78 Å². The second-order valence-corrected chi connectivity index (χ2v) is 24.9.